The largest absolute Gasteiger partial charge is 0.493 e. The molecule has 12 heteroatoms. The third-order valence-electron chi connectivity index (χ3n) is 4.18. The molecule has 9 nitrogen and oxygen atoms in total. The average Bonchev–Trinajstić information content (AvgIpc) is 3.32. The molecule has 1 saturated heterocycles. The van der Waals surface area contributed by atoms with Crippen molar-refractivity contribution in [2.24, 2.45) is 0 Å². The van der Waals surface area contributed by atoms with Gasteiger partial charge in [-0.1, -0.05) is 42.2 Å². The zero-order chi connectivity index (χ0) is 22.5. The van der Waals surface area contributed by atoms with E-state index in [-0.39, 0.29) is 12.5 Å². The molecule has 1 aromatic carbocycles. The van der Waals surface area contributed by atoms with E-state index in [4.69, 9.17) is 26.4 Å². The van der Waals surface area contributed by atoms with Gasteiger partial charge in [0.05, 0.1) is 26.2 Å². The fraction of sp³-hybridized carbons (Fsp3) is 0.316. The van der Waals surface area contributed by atoms with Crippen LogP contribution in [0.1, 0.15) is 17.5 Å². The van der Waals surface area contributed by atoms with Crippen molar-refractivity contribution in [2.75, 3.05) is 33.2 Å². The second-order valence-corrected chi connectivity index (χ2v) is 8.87. The van der Waals surface area contributed by atoms with Crippen LogP contribution in [0.2, 0.25) is 0 Å². The number of ether oxygens (including phenoxy) is 3. The minimum Gasteiger partial charge on any atom is -0.493 e. The molecular weight excluding hydrogens is 460 g/mol. The maximum atomic E-state index is 12.8. The molecule has 0 bridgehead atoms. The first-order valence-corrected chi connectivity index (χ1v) is 11.1. The van der Waals surface area contributed by atoms with Crippen molar-refractivity contribution in [3.8, 4) is 17.2 Å². The zero-order valence-electron chi connectivity index (χ0n) is 17.3. The third kappa shape index (κ3) is 5.14. The van der Waals surface area contributed by atoms with Gasteiger partial charge in [-0.2, -0.15) is 0 Å². The molecule has 31 heavy (non-hydrogen) atoms. The Balaban J connectivity index is 1.76. The first-order valence-electron chi connectivity index (χ1n) is 9.07. The summed E-state index contributed by atoms with van der Waals surface area (Å²) in [6.45, 7) is 1.74. The summed E-state index contributed by atoms with van der Waals surface area (Å²) in [6.07, 6.45) is 2.40. The van der Waals surface area contributed by atoms with Gasteiger partial charge in [-0.25, -0.2) is 0 Å². The molecule has 1 aromatic heterocycles. The Labute approximate surface area is 192 Å². The molecule has 0 spiro atoms. The summed E-state index contributed by atoms with van der Waals surface area (Å²) < 4.78 is 16.3. The predicted octanol–water partition coefficient (Wildman–Crippen LogP) is 2.97. The van der Waals surface area contributed by atoms with Crippen molar-refractivity contribution >= 4 is 62.7 Å². The van der Waals surface area contributed by atoms with Gasteiger partial charge in [0.15, 0.2) is 11.5 Å². The van der Waals surface area contributed by atoms with E-state index in [1.807, 2.05) is 6.92 Å². The molecule has 3 rings (SSSR count). The number of carbonyl (C=O) groups is 2. The summed E-state index contributed by atoms with van der Waals surface area (Å²) in [6, 6.07) is 3.45. The Morgan fingerprint density at radius 3 is 2.42 bits per heavy atom. The van der Waals surface area contributed by atoms with Crippen LogP contribution in [0.4, 0.5) is 5.13 Å². The highest BCUT2D eigenvalue weighted by atomic mass is 32.2. The molecule has 0 aliphatic carbocycles. The van der Waals surface area contributed by atoms with Crippen LogP contribution >= 0.6 is 35.3 Å². The van der Waals surface area contributed by atoms with Crippen LogP contribution in [-0.2, 0) is 16.0 Å². The molecule has 0 saturated carbocycles. The lowest BCUT2D eigenvalue weighted by Crippen LogP contribution is -2.36. The van der Waals surface area contributed by atoms with E-state index < -0.39 is 5.91 Å². The molecule has 1 fully saturated rings. The Morgan fingerprint density at radius 1 is 1.19 bits per heavy atom. The Bertz CT molecular complexity index is 1030. The van der Waals surface area contributed by atoms with Gasteiger partial charge in [0.25, 0.3) is 5.91 Å². The number of anilines is 1. The fourth-order valence-corrected chi connectivity index (χ4v) is 4.67. The fourth-order valence-electron chi connectivity index (χ4n) is 2.72. The normalized spacial score (nSPS) is 14.8. The minimum atomic E-state index is -0.399. The van der Waals surface area contributed by atoms with Crippen molar-refractivity contribution in [1.82, 2.24) is 15.1 Å². The van der Waals surface area contributed by atoms with Gasteiger partial charge < -0.3 is 14.2 Å². The van der Waals surface area contributed by atoms with Gasteiger partial charge in [-0.15, -0.1) is 10.2 Å². The second kappa shape index (κ2) is 10.1. The van der Waals surface area contributed by atoms with Crippen LogP contribution in [0, 0.1) is 0 Å². The smallest absolute Gasteiger partial charge is 0.266 e. The molecule has 1 N–H and O–H groups in total. The van der Waals surface area contributed by atoms with Crippen LogP contribution in [0.15, 0.2) is 17.0 Å². The van der Waals surface area contributed by atoms with Crippen LogP contribution in [0.5, 0.6) is 17.2 Å². The molecule has 0 radical (unpaired) electrons. The lowest BCUT2D eigenvalue weighted by atomic mass is 10.1. The molecule has 2 amide bonds. The number of hydrogen-bond acceptors (Lipinski definition) is 10. The number of nitrogens with zero attached hydrogens (tertiary/aromatic N) is 3. The van der Waals surface area contributed by atoms with Crippen LogP contribution in [-0.4, -0.2) is 59.1 Å². The average molecular weight is 481 g/mol. The topological polar surface area (TPSA) is 103 Å². The third-order valence-corrected chi connectivity index (χ3v) is 6.54. The maximum absolute atomic E-state index is 12.8. The first kappa shape index (κ1) is 23.0. The van der Waals surface area contributed by atoms with Gasteiger partial charge in [0.1, 0.15) is 15.9 Å². The number of aromatic nitrogens is 2. The quantitative estimate of drug-likeness (QED) is 0.451. The highest BCUT2D eigenvalue weighted by molar-refractivity contribution is 8.26. The van der Waals surface area contributed by atoms with E-state index in [2.05, 4.69) is 15.5 Å². The Kier molecular flexibility index (Phi) is 7.46. The highest BCUT2D eigenvalue weighted by Gasteiger charge is 2.33. The Morgan fingerprint density at radius 2 is 1.87 bits per heavy atom. The standard InChI is InChI=1S/C19H20N4O5S3/c1-5-15-21-22-18(31-15)20-14(24)9-23-17(25)13(30-19(23)29)8-10-6-11(26-2)16(28-4)12(7-10)27-3/h6-8H,5,9H2,1-4H3,(H,20,22,24)/b13-8+. The van der Waals surface area contributed by atoms with Gasteiger partial charge in [0.2, 0.25) is 16.8 Å². The van der Waals surface area contributed by atoms with E-state index in [0.717, 1.165) is 23.2 Å². The number of hydrogen-bond donors (Lipinski definition) is 1. The van der Waals surface area contributed by atoms with E-state index >= 15 is 0 Å². The highest BCUT2D eigenvalue weighted by Crippen LogP contribution is 2.40. The van der Waals surface area contributed by atoms with E-state index in [0.29, 0.717) is 37.2 Å². The predicted molar refractivity (Wildman–Crippen MR) is 124 cm³/mol. The number of aryl methyl sites for hydroxylation is 1. The molecule has 1 aliphatic heterocycles. The van der Waals surface area contributed by atoms with Gasteiger partial charge in [0, 0.05) is 0 Å². The molecule has 164 valence electrons. The summed E-state index contributed by atoms with van der Waals surface area (Å²) in [5.41, 5.74) is 0.667. The zero-order valence-corrected chi connectivity index (χ0v) is 19.7. The molecule has 2 aromatic rings. The summed E-state index contributed by atoms with van der Waals surface area (Å²) in [7, 11) is 4.54. The van der Waals surface area contributed by atoms with E-state index in [1.165, 1.54) is 37.6 Å². The summed E-state index contributed by atoms with van der Waals surface area (Å²) in [5.74, 6) is 0.627. The number of carbonyl (C=O) groups excluding carboxylic acids is 2. The summed E-state index contributed by atoms with van der Waals surface area (Å²) in [5, 5.41) is 11.7. The van der Waals surface area contributed by atoms with Crippen molar-refractivity contribution < 1.29 is 23.8 Å². The Hall–Kier alpha value is -2.70. The lowest BCUT2D eigenvalue weighted by molar-refractivity contribution is -0.126. The molecule has 2 heterocycles. The number of methoxy groups -OCH3 is 3. The second-order valence-electron chi connectivity index (χ2n) is 6.13. The van der Waals surface area contributed by atoms with Gasteiger partial charge >= 0.3 is 0 Å². The van der Waals surface area contributed by atoms with Crippen LogP contribution in [0.25, 0.3) is 6.08 Å². The molecule has 0 unspecified atom stereocenters. The summed E-state index contributed by atoms with van der Waals surface area (Å²) in [4.78, 5) is 26.8. The van der Waals surface area contributed by atoms with Crippen molar-refractivity contribution in [3.05, 3.63) is 27.6 Å². The number of thioether (sulfide) groups is 1. The van der Waals surface area contributed by atoms with Gasteiger partial charge in [-0.05, 0) is 30.2 Å². The maximum Gasteiger partial charge on any atom is 0.266 e. The van der Waals surface area contributed by atoms with Crippen molar-refractivity contribution in [3.63, 3.8) is 0 Å². The minimum absolute atomic E-state index is 0.210. The SMILES string of the molecule is CCc1nnc(NC(=O)CN2C(=O)/C(=C\c3cc(OC)c(OC)c(OC)c3)SC2=S)s1. The van der Waals surface area contributed by atoms with Gasteiger partial charge in [-0.3, -0.25) is 19.8 Å². The number of rotatable bonds is 8. The van der Waals surface area contributed by atoms with Crippen LogP contribution < -0.4 is 19.5 Å². The molecular formula is C19H20N4O5S3. The molecule has 1 aliphatic rings. The number of nitrogens with one attached hydrogen (secondary N) is 1. The van der Waals surface area contributed by atoms with Crippen molar-refractivity contribution in [1.29, 1.82) is 0 Å². The first-order chi connectivity index (χ1) is 14.9. The number of thiocarbonyl (C=S) groups is 1. The summed E-state index contributed by atoms with van der Waals surface area (Å²) >= 11 is 7.72. The van der Waals surface area contributed by atoms with Crippen molar-refractivity contribution in [2.45, 2.75) is 13.3 Å². The van der Waals surface area contributed by atoms with E-state index in [1.54, 1.807) is 18.2 Å². The van der Waals surface area contributed by atoms with Crippen LogP contribution in [0.3, 0.4) is 0 Å². The number of amides is 2. The lowest BCUT2D eigenvalue weighted by Gasteiger charge is -2.13. The monoisotopic (exact) mass is 480 g/mol. The van der Waals surface area contributed by atoms with E-state index in [9.17, 15) is 9.59 Å². The molecule has 0 atom stereocenters. The number of benzene rings is 1.